The van der Waals surface area contributed by atoms with Crippen LogP contribution in [0, 0.1) is 11.8 Å². The normalized spacial score (nSPS) is 38.2. The molecule has 0 spiro atoms. The average molecular weight is 184 g/mol. The van der Waals surface area contributed by atoms with E-state index in [2.05, 4.69) is 0 Å². The maximum atomic E-state index is 12.9. The molecule has 0 radical (unpaired) electrons. The Balaban J connectivity index is 2.64. The third-order valence-corrected chi connectivity index (χ3v) is 2.62. The van der Waals surface area contributed by atoms with Crippen molar-refractivity contribution < 1.29 is 17.6 Å². The van der Waals surface area contributed by atoms with Gasteiger partial charge in [-0.1, -0.05) is 6.92 Å². The highest BCUT2D eigenvalue weighted by Crippen LogP contribution is 2.42. The van der Waals surface area contributed by atoms with Crippen LogP contribution >= 0.6 is 0 Å². The number of rotatable bonds is 0. The van der Waals surface area contributed by atoms with Gasteiger partial charge in [-0.2, -0.15) is 13.2 Å². The molecule has 1 rings (SSSR count). The van der Waals surface area contributed by atoms with Crippen LogP contribution in [0.4, 0.5) is 17.6 Å². The fraction of sp³-hybridized carbons (Fsp3) is 1.00. The first-order valence-corrected chi connectivity index (χ1v) is 4.13. The highest BCUT2D eigenvalue weighted by atomic mass is 19.4. The van der Waals surface area contributed by atoms with Crippen molar-refractivity contribution in [3.8, 4) is 0 Å². The van der Waals surface area contributed by atoms with Crippen molar-refractivity contribution in [3.05, 3.63) is 0 Å². The zero-order chi connectivity index (χ0) is 9.35. The van der Waals surface area contributed by atoms with Crippen LogP contribution in [0.1, 0.15) is 26.2 Å². The molecule has 3 unspecified atom stereocenters. The average Bonchev–Trinajstić information content (AvgIpc) is 1.92. The van der Waals surface area contributed by atoms with Gasteiger partial charge in [-0.15, -0.1) is 0 Å². The molecule has 0 aromatic heterocycles. The van der Waals surface area contributed by atoms with Crippen LogP contribution in [0.25, 0.3) is 0 Å². The lowest BCUT2D eigenvalue weighted by atomic mass is 9.79. The second-order valence-corrected chi connectivity index (χ2v) is 3.45. The highest BCUT2D eigenvalue weighted by molar-refractivity contribution is 4.83. The molecule has 0 aromatic rings. The predicted molar refractivity (Wildman–Crippen MR) is 37.5 cm³/mol. The molecule has 3 atom stereocenters. The molecule has 1 aliphatic rings. The van der Waals surface area contributed by atoms with Crippen LogP contribution in [0.15, 0.2) is 0 Å². The van der Waals surface area contributed by atoms with Gasteiger partial charge in [0.05, 0.1) is 5.92 Å². The summed E-state index contributed by atoms with van der Waals surface area (Å²) >= 11 is 0. The Kier molecular flexibility index (Phi) is 2.64. The highest BCUT2D eigenvalue weighted by Gasteiger charge is 2.46. The van der Waals surface area contributed by atoms with Crippen LogP contribution in [-0.2, 0) is 0 Å². The molecule has 0 saturated heterocycles. The van der Waals surface area contributed by atoms with Crippen LogP contribution in [0.2, 0.25) is 0 Å². The fourth-order valence-electron chi connectivity index (χ4n) is 1.77. The van der Waals surface area contributed by atoms with Gasteiger partial charge in [0.2, 0.25) is 0 Å². The Morgan fingerprint density at radius 2 is 1.75 bits per heavy atom. The maximum Gasteiger partial charge on any atom is 0.392 e. The summed E-state index contributed by atoms with van der Waals surface area (Å²) in [5.74, 6) is -2.29. The molecule has 1 aliphatic carbocycles. The van der Waals surface area contributed by atoms with Crippen LogP contribution in [-0.4, -0.2) is 12.3 Å². The second kappa shape index (κ2) is 3.23. The van der Waals surface area contributed by atoms with Crippen molar-refractivity contribution in [3.63, 3.8) is 0 Å². The van der Waals surface area contributed by atoms with Gasteiger partial charge in [-0.05, 0) is 25.2 Å². The lowest BCUT2D eigenvalue weighted by Crippen LogP contribution is -2.37. The molecule has 0 heterocycles. The van der Waals surface area contributed by atoms with Crippen molar-refractivity contribution in [2.24, 2.45) is 11.8 Å². The van der Waals surface area contributed by atoms with Gasteiger partial charge in [0.25, 0.3) is 0 Å². The van der Waals surface area contributed by atoms with E-state index < -0.39 is 24.2 Å². The molecule has 0 aliphatic heterocycles. The van der Waals surface area contributed by atoms with E-state index in [9.17, 15) is 17.6 Å². The number of alkyl halides is 4. The Morgan fingerprint density at radius 1 is 1.17 bits per heavy atom. The quantitative estimate of drug-likeness (QED) is 0.506. The Morgan fingerprint density at radius 3 is 2.17 bits per heavy atom. The Hall–Kier alpha value is -0.280. The van der Waals surface area contributed by atoms with E-state index in [1.807, 2.05) is 0 Å². The number of hydrogen-bond donors (Lipinski definition) is 0. The molecule has 12 heavy (non-hydrogen) atoms. The van der Waals surface area contributed by atoms with Crippen molar-refractivity contribution in [2.45, 2.75) is 38.5 Å². The molecule has 0 bridgehead atoms. The zero-order valence-electron chi connectivity index (χ0n) is 6.87. The summed E-state index contributed by atoms with van der Waals surface area (Å²) in [5.41, 5.74) is 0. The molecule has 0 amide bonds. The van der Waals surface area contributed by atoms with E-state index in [0.717, 1.165) is 0 Å². The van der Waals surface area contributed by atoms with Gasteiger partial charge in [0.1, 0.15) is 6.17 Å². The van der Waals surface area contributed by atoms with Crippen LogP contribution in [0.5, 0.6) is 0 Å². The van der Waals surface area contributed by atoms with Gasteiger partial charge >= 0.3 is 6.18 Å². The van der Waals surface area contributed by atoms with Crippen LogP contribution in [0.3, 0.4) is 0 Å². The van der Waals surface area contributed by atoms with Crippen molar-refractivity contribution in [1.82, 2.24) is 0 Å². The van der Waals surface area contributed by atoms with Gasteiger partial charge in [-0.3, -0.25) is 0 Å². The summed E-state index contributed by atoms with van der Waals surface area (Å²) in [6, 6.07) is 0. The minimum Gasteiger partial charge on any atom is -0.247 e. The summed E-state index contributed by atoms with van der Waals surface area (Å²) in [7, 11) is 0. The van der Waals surface area contributed by atoms with Gasteiger partial charge in [0.15, 0.2) is 0 Å². The monoisotopic (exact) mass is 184 g/mol. The van der Waals surface area contributed by atoms with Crippen molar-refractivity contribution in [2.75, 3.05) is 0 Å². The Labute approximate surface area is 69.0 Å². The molecule has 0 aromatic carbocycles. The molecule has 72 valence electrons. The van der Waals surface area contributed by atoms with Gasteiger partial charge in [-0.25, -0.2) is 4.39 Å². The topological polar surface area (TPSA) is 0 Å². The summed E-state index contributed by atoms with van der Waals surface area (Å²) < 4.78 is 49.5. The molecule has 1 fully saturated rings. The zero-order valence-corrected chi connectivity index (χ0v) is 6.87. The largest absolute Gasteiger partial charge is 0.392 e. The van der Waals surface area contributed by atoms with E-state index in [0.29, 0.717) is 6.42 Å². The van der Waals surface area contributed by atoms with Crippen molar-refractivity contribution in [1.29, 1.82) is 0 Å². The SMILES string of the molecule is CC1C(F)CCCC1C(F)(F)F. The molecule has 1 saturated carbocycles. The maximum absolute atomic E-state index is 12.9. The molecule has 4 heteroatoms. The standard InChI is InChI=1S/C8H12F4/c1-5-6(8(10,11)12)3-2-4-7(5)9/h5-7H,2-4H2,1H3. The second-order valence-electron chi connectivity index (χ2n) is 3.45. The first kappa shape index (κ1) is 9.81. The summed E-state index contributed by atoms with van der Waals surface area (Å²) in [4.78, 5) is 0. The molecule has 0 nitrogen and oxygen atoms in total. The fourth-order valence-corrected chi connectivity index (χ4v) is 1.77. The number of halogens is 4. The summed E-state index contributed by atoms with van der Waals surface area (Å²) in [6.07, 6.45) is -4.76. The van der Waals surface area contributed by atoms with Gasteiger partial charge in [0, 0.05) is 0 Å². The lowest BCUT2D eigenvalue weighted by molar-refractivity contribution is -0.201. The van der Waals surface area contributed by atoms with E-state index in [4.69, 9.17) is 0 Å². The lowest BCUT2D eigenvalue weighted by Gasteiger charge is -2.32. The smallest absolute Gasteiger partial charge is 0.247 e. The summed E-state index contributed by atoms with van der Waals surface area (Å²) in [6.45, 7) is 1.35. The first-order chi connectivity index (χ1) is 5.43. The third kappa shape index (κ3) is 1.90. The van der Waals surface area contributed by atoms with Gasteiger partial charge < -0.3 is 0 Å². The predicted octanol–water partition coefficient (Wildman–Crippen LogP) is 3.32. The minimum absolute atomic E-state index is 0.0884. The molecular weight excluding hydrogens is 172 g/mol. The molecular formula is C8H12F4. The Bertz CT molecular complexity index is 152. The number of hydrogen-bond acceptors (Lipinski definition) is 0. The van der Waals surface area contributed by atoms with E-state index >= 15 is 0 Å². The van der Waals surface area contributed by atoms with Crippen molar-refractivity contribution >= 4 is 0 Å². The van der Waals surface area contributed by atoms with E-state index in [1.165, 1.54) is 6.92 Å². The van der Waals surface area contributed by atoms with E-state index in [1.54, 1.807) is 0 Å². The molecule has 0 N–H and O–H groups in total. The third-order valence-electron chi connectivity index (χ3n) is 2.62. The minimum atomic E-state index is -4.22. The van der Waals surface area contributed by atoms with Crippen LogP contribution < -0.4 is 0 Å². The first-order valence-electron chi connectivity index (χ1n) is 4.13. The summed E-state index contributed by atoms with van der Waals surface area (Å²) in [5, 5.41) is 0. The van der Waals surface area contributed by atoms with E-state index in [-0.39, 0.29) is 12.8 Å².